The predicted molar refractivity (Wildman–Crippen MR) is 86.6 cm³/mol. The Kier molecular flexibility index (Phi) is 5.94. The molecule has 0 aromatic heterocycles. The van der Waals surface area contributed by atoms with E-state index in [9.17, 15) is 9.18 Å². The molecule has 7 heteroatoms. The van der Waals surface area contributed by atoms with E-state index in [0.29, 0.717) is 16.5 Å². The fraction of sp³-hybridized carbons (Fsp3) is 0.125. The average Bonchev–Trinajstić information content (AvgIpc) is 2.53. The van der Waals surface area contributed by atoms with Crippen LogP contribution in [0.1, 0.15) is 5.56 Å². The Hall–Kier alpha value is -2.60. The summed E-state index contributed by atoms with van der Waals surface area (Å²) in [6.07, 6.45) is 1.20. The first-order valence-electron chi connectivity index (χ1n) is 6.63. The van der Waals surface area contributed by atoms with E-state index in [-0.39, 0.29) is 12.2 Å². The van der Waals surface area contributed by atoms with Crippen LogP contribution in [0.2, 0.25) is 5.02 Å². The third-order valence-electron chi connectivity index (χ3n) is 2.80. The first-order chi connectivity index (χ1) is 11.1. The maximum Gasteiger partial charge on any atom is 0.265 e. The Balaban J connectivity index is 1.88. The van der Waals surface area contributed by atoms with Crippen LogP contribution < -0.4 is 10.1 Å². The Morgan fingerprint density at radius 2 is 2.13 bits per heavy atom. The molecular weight excluding hydrogens is 323 g/mol. The van der Waals surface area contributed by atoms with Gasteiger partial charge in [-0.3, -0.25) is 4.79 Å². The van der Waals surface area contributed by atoms with Crippen LogP contribution in [0.4, 0.5) is 10.1 Å². The Morgan fingerprint density at radius 1 is 1.35 bits per heavy atom. The van der Waals surface area contributed by atoms with E-state index in [1.54, 1.807) is 36.4 Å². The second kappa shape index (κ2) is 8.14. The van der Waals surface area contributed by atoms with Crippen LogP contribution in [-0.2, 0) is 9.63 Å². The van der Waals surface area contributed by atoms with E-state index in [0.717, 1.165) is 0 Å². The van der Waals surface area contributed by atoms with Crippen molar-refractivity contribution in [1.29, 1.82) is 0 Å². The van der Waals surface area contributed by atoms with Gasteiger partial charge in [0.15, 0.2) is 6.61 Å². The van der Waals surface area contributed by atoms with Crippen LogP contribution in [0.3, 0.4) is 0 Å². The van der Waals surface area contributed by atoms with Gasteiger partial charge >= 0.3 is 0 Å². The number of amides is 1. The molecule has 0 bridgehead atoms. The Morgan fingerprint density at radius 3 is 2.87 bits per heavy atom. The monoisotopic (exact) mass is 336 g/mol. The van der Waals surface area contributed by atoms with Gasteiger partial charge in [0.2, 0.25) is 0 Å². The summed E-state index contributed by atoms with van der Waals surface area (Å²) in [7, 11) is 1.48. The molecule has 0 heterocycles. The second-order valence-corrected chi connectivity index (χ2v) is 4.86. The van der Waals surface area contributed by atoms with Crippen molar-refractivity contribution in [2.45, 2.75) is 0 Å². The summed E-state index contributed by atoms with van der Waals surface area (Å²) in [6.45, 7) is -0.333. The number of anilines is 1. The lowest BCUT2D eigenvalue weighted by Gasteiger charge is -2.09. The molecule has 0 aliphatic carbocycles. The molecule has 1 amide bonds. The highest BCUT2D eigenvalue weighted by atomic mass is 35.5. The lowest BCUT2D eigenvalue weighted by atomic mass is 10.2. The summed E-state index contributed by atoms with van der Waals surface area (Å²) in [5.74, 6) is -0.401. The fourth-order valence-electron chi connectivity index (χ4n) is 1.73. The number of oxime groups is 1. The summed E-state index contributed by atoms with van der Waals surface area (Å²) in [5.41, 5.74) is 0.691. The lowest BCUT2D eigenvalue weighted by Crippen LogP contribution is -2.17. The number of halogens is 2. The Labute approximate surface area is 137 Å². The second-order valence-electron chi connectivity index (χ2n) is 4.42. The number of carbonyl (C=O) groups excluding carboxylic acids is 1. The molecule has 0 fully saturated rings. The molecular formula is C16H14ClFN2O3. The minimum Gasteiger partial charge on any atom is -0.495 e. The van der Waals surface area contributed by atoms with E-state index in [1.807, 2.05) is 0 Å². The Bertz CT molecular complexity index is 722. The van der Waals surface area contributed by atoms with Crippen molar-refractivity contribution < 1.29 is 18.8 Å². The molecule has 0 unspecified atom stereocenters. The third kappa shape index (κ3) is 4.96. The van der Waals surface area contributed by atoms with Crippen LogP contribution in [0.5, 0.6) is 5.75 Å². The molecule has 0 radical (unpaired) electrons. The number of hydrogen-bond donors (Lipinski definition) is 1. The topological polar surface area (TPSA) is 59.9 Å². The van der Waals surface area contributed by atoms with E-state index in [4.69, 9.17) is 21.2 Å². The van der Waals surface area contributed by atoms with E-state index in [1.165, 1.54) is 19.4 Å². The molecule has 0 saturated heterocycles. The van der Waals surface area contributed by atoms with Gasteiger partial charge in [0.25, 0.3) is 5.91 Å². The van der Waals surface area contributed by atoms with E-state index >= 15 is 0 Å². The standard InChI is InChI=1S/C16H14ClFN2O3/c1-22-15-7-6-12(17)8-14(15)20-16(21)10-23-19-9-11-4-2-3-5-13(11)18/h2-9H,10H2,1H3,(H,20,21)/b19-9-. The van der Waals surface area contributed by atoms with Gasteiger partial charge in [-0.1, -0.05) is 35.0 Å². The number of benzene rings is 2. The van der Waals surface area contributed by atoms with Crippen molar-refractivity contribution in [3.63, 3.8) is 0 Å². The molecule has 0 atom stereocenters. The molecule has 120 valence electrons. The smallest absolute Gasteiger partial charge is 0.265 e. The predicted octanol–water partition coefficient (Wildman–Crippen LogP) is 3.48. The molecule has 2 aromatic carbocycles. The molecule has 2 aromatic rings. The number of hydrogen-bond acceptors (Lipinski definition) is 4. The van der Waals surface area contributed by atoms with Gasteiger partial charge in [0.05, 0.1) is 19.0 Å². The number of methoxy groups -OCH3 is 1. The van der Waals surface area contributed by atoms with E-state index < -0.39 is 11.7 Å². The van der Waals surface area contributed by atoms with Crippen molar-refractivity contribution in [3.05, 3.63) is 58.9 Å². The summed E-state index contributed by atoms with van der Waals surface area (Å²) in [6, 6.07) is 10.9. The van der Waals surface area contributed by atoms with Gasteiger partial charge in [-0.25, -0.2) is 4.39 Å². The summed E-state index contributed by atoms with van der Waals surface area (Å²) >= 11 is 5.87. The van der Waals surface area contributed by atoms with Crippen LogP contribution >= 0.6 is 11.6 Å². The highest BCUT2D eigenvalue weighted by Gasteiger charge is 2.08. The van der Waals surface area contributed by atoms with Gasteiger partial charge in [-0.05, 0) is 24.3 Å². The average molecular weight is 337 g/mol. The highest BCUT2D eigenvalue weighted by molar-refractivity contribution is 6.31. The highest BCUT2D eigenvalue weighted by Crippen LogP contribution is 2.27. The van der Waals surface area contributed by atoms with Crippen LogP contribution in [0, 0.1) is 5.82 Å². The number of carbonyl (C=O) groups is 1. The summed E-state index contributed by atoms with van der Waals surface area (Å²) < 4.78 is 18.4. The SMILES string of the molecule is COc1ccc(Cl)cc1NC(=O)CO/N=C\c1ccccc1F. The number of ether oxygens (including phenoxy) is 1. The molecule has 2 rings (SSSR count). The van der Waals surface area contributed by atoms with Crippen LogP contribution in [0.25, 0.3) is 0 Å². The fourth-order valence-corrected chi connectivity index (χ4v) is 1.91. The van der Waals surface area contributed by atoms with Crippen LogP contribution in [-0.4, -0.2) is 25.8 Å². The molecule has 5 nitrogen and oxygen atoms in total. The first kappa shape index (κ1) is 16.8. The van der Waals surface area contributed by atoms with Crippen molar-refractivity contribution >= 4 is 29.4 Å². The quantitative estimate of drug-likeness (QED) is 0.649. The molecule has 0 saturated carbocycles. The van der Waals surface area contributed by atoms with Gasteiger partial charge in [-0.2, -0.15) is 0 Å². The zero-order valence-corrected chi connectivity index (χ0v) is 13.0. The van der Waals surface area contributed by atoms with Gasteiger partial charge in [0.1, 0.15) is 11.6 Å². The largest absolute Gasteiger partial charge is 0.495 e. The van der Waals surface area contributed by atoms with Crippen molar-refractivity contribution in [2.24, 2.45) is 5.16 Å². The normalized spacial score (nSPS) is 10.6. The minimum atomic E-state index is -0.448. The molecule has 23 heavy (non-hydrogen) atoms. The van der Waals surface area contributed by atoms with Gasteiger partial charge in [0, 0.05) is 10.6 Å². The minimum absolute atomic E-state index is 0.268. The summed E-state index contributed by atoms with van der Waals surface area (Å²) in [5, 5.41) is 6.61. The zero-order valence-electron chi connectivity index (χ0n) is 12.3. The third-order valence-corrected chi connectivity index (χ3v) is 3.04. The maximum absolute atomic E-state index is 13.3. The zero-order chi connectivity index (χ0) is 16.7. The number of nitrogens with one attached hydrogen (secondary N) is 1. The van der Waals surface area contributed by atoms with Crippen molar-refractivity contribution in [1.82, 2.24) is 0 Å². The molecule has 1 N–H and O–H groups in total. The maximum atomic E-state index is 13.3. The lowest BCUT2D eigenvalue weighted by molar-refractivity contribution is -0.120. The van der Waals surface area contributed by atoms with Gasteiger partial charge < -0.3 is 14.9 Å². The summed E-state index contributed by atoms with van der Waals surface area (Å²) in [4.78, 5) is 16.6. The molecule has 0 aliphatic heterocycles. The van der Waals surface area contributed by atoms with Crippen molar-refractivity contribution in [3.8, 4) is 5.75 Å². The van der Waals surface area contributed by atoms with E-state index in [2.05, 4.69) is 10.5 Å². The van der Waals surface area contributed by atoms with Crippen molar-refractivity contribution in [2.75, 3.05) is 19.0 Å². The van der Waals surface area contributed by atoms with Gasteiger partial charge in [-0.15, -0.1) is 0 Å². The van der Waals surface area contributed by atoms with Crippen LogP contribution in [0.15, 0.2) is 47.6 Å². The number of rotatable bonds is 6. The molecule has 0 spiro atoms. The number of nitrogens with zero attached hydrogens (tertiary/aromatic N) is 1. The first-order valence-corrected chi connectivity index (χ1v) is 7.01. The molecule has 0 aliphatic rings.